The number of nitrogens with one attached hydrogen (secondary N) is 2. The zero-order valence-corrected chi connectivity index (χ0v) is 10.2. The van der Waals surface area contributed by atoms with Crippen LogP contribution < -0.4 is 27.0 Å². The van der Waals surface area contributed by atoms with Crippen molar-refractivity contribution >= 4 is 29.7 Å². The van der Waals surface area contributed by atoms with Gasteiger partial charge in [0.2, 0.25) is 0 Å². The molecule has 0 saturated heterocycles. The van der Waals surface area contributed by atoms with Gasteiger partial charge < -0.3 is 16.6 Å². The maximum absolute atomic E-state index is 6.18. The standard InChI is InChI=1S/C13H11ClN4/c14-13-10-7-17-16-6-9(10)11(15)12(18-13)8-4-2-1-3-5-8/h1-7,16-17H,15H2. The van der Waals surface area contributed by atoms with Crippen LogP contribution >= 0.6 is 11.6 Å². The number of benzene rings is 1. The maximum Gasteiger partial charge on any atom is 0.139 e. The van der Waals surface area contributed by atoms with Crippen molar-refractivity contribution < 1.29 is 0 Å². The summed E-state index contributed by atoms with van der Waals surface area (Å²) in [6, 6.07) is 9.75. The van der Waals surface area contributed by atoms with Gasteiger partial charge in [-0.2, -0.15) is 0 Å². The Morgan fingerprint density at radius 2 is 1.67 bits per heavy atom. The summed E-state index contributed by atoms with van der Waals surface area (Å²) in [4.78, 5) is 4.38. The lowest BCUT2D eigenvalue weighted by atomic mass is 10.1. The van der Waals surface area contributed by atoms with Crippen molar-refractivity contribution in [3.05, 3.63) is 45.9 Å². The number of hydrogen-bond donors (Lipinski definition) is 3. The van der Waals surface area contributed by atoms with E-state index in [0.29, 0.717) is 16.5 Å². The van der Waals surface area contributed by atoms with Gasteiger partial charge in [-0.25, -0.2) is 4.98 Å². The lowest BCUT2D eigenvalue weighted by Gasteiger charge is -2.12. The summed E-state index contributed by atoms with van der Waals surface area (Å²) >= 11 is 6.18. The van der Waals surface area contributed by atoms with Crippen LogP contribution in [0, 0.1) is 0 Å². The molecule has 2 aromatic rings. The number of pyridine rings is 1. The topological polar surface area (TPSA) is 63.0 Å². The van der Waals surface area contributed by atoms with Crippen molar-refractivity contribution in [1.82, 2.24) is 15.8 Å². The predicted octanol–water partition coefficient (Wildman–Crippen LogP) is 0.568. The van der Waals surface area contributed by atoms with Gasteiger partial charge in [0.1, 0.15) is 5.15 Å². The molecule has 0 unspecified atom stereocenters. The van der Waals surface area contributed by atoms with E-state index in [1.54, 1.807) is 12.4 Å². The van der Waals surface area contributed by atoms with Crippen molar-refractivity contribution in [3.8, 4) is 11.3 Å². The van der Waals surface area contributed by atoms with Crippen LogP contribution in [-0.2, 0) is 0 Å². The molecule has 1 aliphatic heterocycles. The van der Waals surface area contributed by atoms with Crippen molar-refractivity contribution in [2.75, 3.05) is 5.73 Å². The third-order valence-corrected chi connectivity index (χ3v) is 3.12. The Balaban J connectivity index is 2.35. The third-order valence-electron chi connectivity index (χ3n) is 2.83. The van der Waals surface area contributed by atoms with Gasteiger partial charge in [-0.05, 0) is 0 Å². The second-order valence-electron chi connectivity index (χ2n) is 3.94. The third kappa shape index (κ3) is 1.67. The minimum Gasteiger partial charge on any atom is -0.396 e. The molecule has 0 spiro atoms. The first-order valence-corrected chi connectivity index (χ1v) is 5.87. The number of rotatable bonds is 1. The minimum absolute atomic E-state index is 0.434. The van der Waals surface area contributed by atoms with Gasteiger partial charge >= 0.3 is 0 Å². The van der Waals surface area contributed by atoms with E-state index >= 15 is 0 Å². The van der Waals surface area contributed by atoms with Crippen LogP contribution in [0.1, 0.15) is 0 Å². The molecule has 4 nitrogen and oxygen atoms in total. The highest BCUT2D eigenvalue weighted by Crippen LogP contribution is 2.20. The first kappa shape index (κ1) is 10.9. The zero-order valence-electron chi connectivity index (χ0n) is 9.44. The van der Waals surface area contributed by atoms with Gasteiger partial charge in [-0.15, -0.1) is 0 Å². The quantitative estimate of drug-likeness (QED) is 0.655. The molecule has 0 saturated carbocycles. The summed E-state index contributed by atoms with van der Waals surface area (Å²) in [7, 11) is 0. The molecule has 90 valence electrons. The average Bonchev–Trinajstić information content (AvgIpc) is 2.44. The number of nitrogen functional groups attached to an aromatic ring is 1. The molecule has 1 aliphatic rings. The molecular formula is C13H11ClN4. The van der Waals surface area contributed by atoms with E-state index in [9.17, 15) is 0 Å². The fourth-order valence-electron chi connectivity index (χ4n) is 1.94. The smallest absolute Gasteiger partial charge is 0.139 e. The summed E-state index contributed by atoms with van der Waals surface area (Å²) in [5.74, 6) is 0. The van der Waals surface area contributed by atoms with Crippen LogP contribution in [-0.4, -0.2) is 4.98 Å². The molecule has 1 aromatic heterocycles. The second kappa shape index (κ2) is 4.23. The van der Waals surface area contributed by atoms with Crippen molar-refractivity contribution in [3.63, 3.8) is 0 Å². The van der Waals surface area contributed by atoms with Crippen molar-refractivity contribution in [2.24, 2.45) is 0 Å². The number of halogens is 1. The van der Waals surface area contributed by atoms with Crippen LogP contribution in [0.2, 0.25) is 5.15 Å². The van der Waals surface area contributed by atoms with E-state index in [-0.39, 0.29) is 0 Å². The molecule has 0 aliphatic carbocycles. The van der Waals surface area contributed by atoms with Gasteiger partial charge in [-0.1, -0.05) is 41.9 Å². The number of nitrogens with zero attached hydrogens (tertiary/aromatic N) is 1. The van der Waals surface area contributed by atoms with E-state index in [0.717, 1.165) is 16.0 Å². The summed E-state index contributed by atoms with van der Waals surface area (Å²) in [5.41, 5.74) is 14.2. The second-order valence-corrected chi connectivity index (χ2v) is 4.29. The molecule has 2 heterocycles. The normalized spacial score (nSPS) is 12.5. The predicted molar refractivity (Wildman–Crippen MR) is 73.5 cm³/mol. The Hall–Kier alpha value is -2.20. The molecule has 1 aromatic carbocycles. The van der Waals surface area contributed by atoms with Gasteiger partial charge in [0, 0.05) is 28.4 Å². The van der Waals surface area contributed by atoms with Gasteiger partial charge in [0.25, 0.3) is 0 Å². The molecule has 0 amide bonds. The van der Waals surface area contributed by atoms with E-state index in [4.69, 9.17) is 17.3 Å². The maximum atomic E-state index is 6.18. The number of hydrogen-bond acceptors (Lipinski definition) is 4. The number of aromatic nitrogens is 1. The van der Waals surface area contributed by atoms with Crippen molar-refractivity contribution in [2.45, 2.75) is 0 Å². The first-order valence-electron chi connectivity index (χ1n) is 5.49. The average molecular weight is 259 g/mol. The van der Waals surface area contributed by atoms with Crippen LogP contribution in [0.5, 0.6) is 0 Å². The SMILES string of the molecule is Nc1c(-c2ccccc2)nc(Cl)c2c1=CNNC=2. The minimum atomic E-state index is 0.434. The fraction of sp³-hybridized carbons (Fsp3) is 0. The van der Waals surface area contributed by atoms with E-state index in [1.807, 2.05) is 30.3 Å². The molecule has 5 heteroatoms. The van der Waals surface area contributed by atoms with Gasteiger partial charge in [0.05, 0.1) is 11.4 Å². The highest BCUT2D eigenvalue weighted by Gasteiger charge is 2.10. The van der Waals surface area contributed by atoms with E-state index in [2.05, 4.69) is 15.8 Å². The first-order chi connectivity index (χ1) is 8.77. The molecule has 18 heavy (non-hydrogen) atoms. The molecule has 0 fully saturated rings. The summed E-state index contributed by atoms with van der Waals surface area (Å²) in [6.45, 7) is 0. The molecule has 3 rings (SSSR count). The summed E-state index contributed by atoms with van der Waals surface area (Å²) < 4.78 is 0. The van der Waals surface area contributed by atoms with Gasteiger partial charge in [0.15, 0.2) is 0 Å². The highest BCUT2D eigenvalue weighted by atomic mass is 35.5. The Bertz CT molecular complexity index is 710. The molecule has 0 bridgehead atoms. The Labute approximate surface area is 109 Å². The Kier molecular flexibility index (Phi) is 2.57. The zero-order chi connectivity index (χ0) is 12.5. The molecule has 4 N–H and O–H groups in total. The highest BCUT2D eigenvalue weighted by molar-refractivity contribution is 6.29. The van der Waals surface area contributed by atoms with Gasteiger partial charge in [-0.3, -0.25) is 0 Å². The summed E-state index contributed by atoms with van der Waals surface area (Å²) in [5, 5.41) is 2.09. The Morgan fingerprint density at radius 1 is 1.00 bits per heavy atom. The number of fused-ring (bicyclic) bond motifs is 1. The summed E-state index contributed by atoms with van der Waals surface area (Å²) in [6.07, 6.45) is 3.53. The van der Waals surface area contributed by atoms with E-state index < -0.39 is 0 Å². The fourth-order valence-corrected chi connectivity index (χ4v) is 2.18. The van der Waals surface area contributed by atoms with Crippen LogP contribution in [0.3, 0.4) is 0 Å². The van der Waals surface area contributed by atoms with Crippen molar-refractivity contribution in [1.29, 1.82) is 0 Å². The number of hydrazine groups is 1. The monoisotopic (exact) mass is 258 g/mol. The van der Waals surface area contributed by atoms with Crippen LogP contribution in [0.15, 0.2) is 30.3 Å². The largest absolute Gasteiger partial charge is 0.396 e. The molecule has 0 atom stereocenters. The van der Waals surface area contributed by atoms with Crippen LogP contribution in [0.25, 0.3) is 23.7 Å². The molecule has 0 radical (unpaired) electrons. The van der Waals surface area contributed by atoms with Crippen LogP contribution in [0.4, 0.5) is 5.69 Å². The number of nitrogens with two attached hydrogens (primary N) is 1. The lowest BCUT2D eigenvalue weighted by Crippen LogP contribution is -2.41. The molecular weight excluding hydrogens is 248 g/mol. The van der Waals surface area contributed by atoms with E-state index in [1.165, 1.54) is 0 Å². The number of anilines is 1. The lowest BCUT2D eigenvalue weighted by molar-refractivity contribution is 0.843. The Morgan fingerprint density at radius 3 is 2.39 bits per heavy atom.